The Balaban J connectivity index is 0.000000148. The number of aliphatic hydroxyl groups excluding tert-OH is 3. The number of hydrogen-bond donors (Lipinski definition) is 5. The van der Waals surface area contributed by atoms with Crippen LogP contribution in [0.25, 0.3) is 30.3 Å². The maximum Gasteiger partial charge on any atom is 0.329 e. The Kier molecular flexibility index (Phi) is 20.2. The van der Waals surface area contributed by atoms with Gasteiger partial charge in [-0.3, -0.25) is 9.69 Å². The van der Waals surface area contributed by atoms with Crippen LogP contribution in [0.15, 0.2) is 88.9 Å². The summed E-state index contributed by atoms with van der Waals surface area (Å²) in [5.74, 6) is -0.949. The monoisotopic (exact) mass is 919 g/mol. The van der Waals surface area contributed by atoms with E-state index < -0.39 is 5.97 Å². The third-order valence-corrected chi connectivity index (χ3v) is 14.0. The molecule has 0 aliphatic carbocycles. The first-order valence-corrected chi connectivity index (χ1v) is 24.4. The number of likely N-dealkylation sites (tertiary alicyclic amines) is 2. The molecule has 5 N–H and O–H groups in total. The van der Waals surface area contributed by atoms with Crippen molar-refractivity contribution in [2.45, 2.75) is 56.8 Å². The zero-order valence-electron chi connectivity index (χ0n) is 35.8. The summed E-state index contributed by atoms with van der Waals surface area (Å²) in [6.45, 7) is 7.99. The number of β-amino-alcohol motifs (C(OH)–C–C–N with tert-alkyl or cyclic N) is 3. The highest BCUT2D eigenvalue weighted by atomic mass is 32.1. The molecule has 3 aliphatic rings. The number of nitrogens with one attached hydrogen (secondary N) is 1. The summed E-state index contributed by atoms with van der Waals surface area (Å²) in [7, 11) is 0. The number of rotatable bonds is 16. The van der Waals surface area contributed by atoms with Crippen molar-refractivity contribution in [1.29, 1.82) is 0 Å². The van der Waals surface area contributed by atoms with E-state index in [0.717, 1.165) is 78.0 Å². The largest absolute Gasteiger partial charge is 0.480 e. The Morgan fingerprint density at radius 1 is 0.603 bits per heavy atom. The molecular weight excluding hydrogens is 859 g/mol. The number of benzene rings is 3. The molecule has 3 aromatic heterocycles. The van der Waals surface area contributed by atoms with Gasteiger partial charge in [0.05, 0.1) is 44.7 Å². The SMILES string of the molecule is O=C(COCCc1cccc2ccsc12)N1CCC(O)C1.O=C(O)COCCc1cccc2ccsc12.OC1CCN(CCOCCc2cccc3ccsc23)C1.OC1CCNC1. The van der Waals surface area contributed by atoms with Crippen LogP contribution >= 0.6 is 34.0 Å². The van der Waals surface area contributed by atoms with Crippen LogP contribution in [0.2, 0.25) is 0 Å². The zero-order chi connectivity index (χ0) is 44.2. The van der Waals surface area contributed by atoms with Crippen molar-refractivity contribution in [1.82, 2.24) is 15.1 Å². The number of ether oxygens (including phenoxy) is 3. The fourth-order valence-corrected chi connectivity index (χ4v) is 10.5. The van der Waals surface area contributed by atoms with Gasteiger partial charge in [0.15, 0.2) is 0 Å². The Labute approximate surface area is 381 Å². The number of fused-ring (bicyclic) bond motifs is 3. The van der Waals surface area contributed by atoms with Crippen molar-refractivity contribution >= 4 is 76.1 Å². The number of carboxylic acids is 1. The summed E-state index contributed by atoms with van der Waals surface area (Å²) in [4.78, 5) is 26.1. The molecule has 3 fully saturated rings. The van der Waals surface area contributed by atoms with Crippen LogP contribution in [0.5, 0.6) is 0 Å². The highest BCUT2D eigenvalue weighted by Gasteiger charge is 2.24. The second-order valence-electron chi connectivity index (χ2n) is 15.8. The standard InChI is InChI=1S/C16H19NO3S.C16H21NO2S.C12H12O3S.C4H9NO/c18-14-4-7-17(10-14)15(19)11-20-8-5-12-2-1-3-13-6-9-21-16(12)13;18-15-4-7-17(12-15)8-10-19-9-5-13-2-1-3-14-6-11-20-16(13)14;13-11(14)8-15-6-4-9-2-1-3-10-5-7-16-12(9)10;6-4-1-2-5-3-4/h1-3,6,9,14,18H,4-5,7-8,10-11H2;1-3,6,11,15,18H,4-5,7-10,12H2;1-3,5,7H,4,6,8H2,(H,13,14);4-6H,1-3H2. The Hall–Kier alpha value is -3.84. The van der Waals surface area contributed by atoms with Crippen LogP contribution in [0.1, 0.15) is 36.0 Å². The van der Waals surface area contributed by atoms with Gasteiger partial charge in [0.25, 0.3) is 0 Å². The molecular formula is C48H61N3O9S3. The second kappa shape index (κ2) is 26.2. The molecule has 3 saturated heterocycles. The van der Waals surface area contributed by atoms with Gasteiger partial charge in [0.1, 0.15) is 13.2 Å². The molecule has 3 atom stereocenters. The van der Waals surface area contributed by atoms with Crippen molar-refractivity contribution < 1.29 is 44.2 Å². The summed E-state index contributed by atoms with van der Waals surface area (Å²) in [6.07, 6.45) is 4.48. The molecule has 15 heteroatoms. The van der Waals surface area contributed by atoms with E-state index in [1.807, 2.05) is 6.07 Å². The maximum absolute atomic E-state index is 11.9. The number of hydrogen-bond acceptors (Lipinski definition) is 13. The molecule has 3 aromatic carbocycles. The predicted octanol–water partition coefficient (Wildman–Crippen LogP) is 6.47. The highest BCUT2D eigenvalue weighted by molar-refractivity contribution is 7.18. The number of aliphatic hydroxyl groups is 3. The molecule has 63 heavy (non-hydrogen) atoms. The molecule has 0 spiro atoms. The van der Waals surface area contributed by atoms with Crippen LogP contribution in [-0.2, 0) is 43.1 Å². The van der Waals surface area contributed by atoms with Crippen LogP contribution < -0.4 is 5.32 Å². The summed E-state index contributed by atoms with van der Waals surface area (Å²) >= 11 is 5.25. The first kappa shape index (κ1) is 48.6. The number of aliphatic carboxylic acids is 1. The van der Waals surface area contributed by atoms with Gasteiger partial charge < -0.3 is 44.9 Å². The minimum absolute atomic E-state index is 0.0270. The Bertz CT molecular complexity index is 2270. The first-order chi connectivity index (χ1) is 30.7. The van der Waals surface area contributed by atoms with Gasteiger partial charge in [0.2, 0.25) is 5.91 Å². The van der Waals surface area contributed by atoms with Crippen LogP contribution in [0.4, 0.5) is 0 Å². The van der Waals surface area contributed by atoms with Crippen molar-refractivity contribution in [3.05, 3.63) is 106 Å². The molecule has 6 heterocycles. The average Bonchev–Trinajstić information content (AvgIpc) is 4.15. The van der Waals surface area contributed by atoms with E-state index in [9.17, 15) is 19.8 Å². The molecule has 340 valence electrons. The lowest BCUT2D eigenvalue weighted by molar-refractivity contribution is -0.142. The summed E-state index contributed by atoms with van der Waals surface area (Å²) < 4.78 is 20.2. The number of carboxylic acid groups (broad SMARTS) is 1. The lowest BCUT2D eigenvalue weighted by Gasteiger charge is -2.15. The first-order valence-electron chi connectivity index (χ1n) is 21.8. The highest BCUT2D eigenvalue weighted by Crippen LogP contribution is 2.27. The summed E-state index contributed by atoms with van der Waals surface area (Å²) in [5.41, 5.74) is 3.87. The Morgan fingerprint density at radius 3 is 1.54 bits per heavy atom. The Morgan fingerprint density at radius 2 is 1.11 bits per heavy atom. The van der Waals surface area contributed by atoms with E-state index in [1.165, 1.54) is 46.9 Å². The summed E-state index contributed by atoms with van der Waals surface area (Å²) in [6, 6.07) is 25.3. The van der Waals surface area contributed by atoms with E-state index in [1.54, 1.807) is 38.9 Å². The van der Waals surface area contributed by atoms with Crippen molar-refractivity contribution in [3.63, 3.8) is 0 Å². The molecule has 0 saturated carbocycles. The third-order valence-electron chi connectivity index (χ3n) is 11.0. The normalized spacial score (nSPS) is 18.5. The minimum Gasteiger partial charge on any atom is -0.480 e. The van der Waals surface area contributed by atoms with Crippen molar-refractivity contribution in [2.75, 3.05) is 85.5 Å². The van der Waals surface area contributed by atoms with Crippen molar-refractivity contribution in [2.24, 2.45) is 0 Å². The quantitative estimate of drug-likeness (QED) is 0.0678. The van der Waals surface area contributed by atoms with Gasteiger partial charge >= 0.3 is 5.97 Å². The third kappa shape index (κ3) is 16.0. The van der Waals surface area contributed by atoms with Gasteiger partial charge in [-0.05, 0) is 112 Å². The fraction of sp³-hybridized carbons (Fsp3) is 0.458. The average molecular weight is 920 g/mol. The number of amides is 1. The molecule has 0 bridgehead atoms. The van der Waals surface area contributed by atoms with E-state index in [0.29, 0.717) is 32.7 Å². The zero-order valence-corrected chi connectivity index (χ0v) is 38.2. The van der Waals surface area contributed by atoms with E-state index in [2.05, 4.69) is 93.1 Å². The molecule has 0 radical (unpaired) electrons. The van der Waals surface area contributed by atoms with Gasteiger partial charge in [-0.15, -0.1) is 34.0 Å². The molecule has 3 unspecified atom stereocenters. The predicted molar refractivity (Wildman–Crippen MR) is 254 cm³/mol. The fourth-order valence-electron chi connectivity index (χ4n) is 7.63. The number of carbonyl (C=O) groups excluding carboxylic acids is 1. The van der Waals surface area contributed by atoms with Crippen molar-refractivity contribution in [3.8, 4) is 0 Å². The molecule has 3 aliphatic heterocycles. The number of nitrogens with zero attached hydrogens (tertiary/aromatic N) is 2. The maximum atomic E-state index is 11.9. The topological polar surface area (TPSA) is 161 Å². The van der Waals surface area contributed by atoms with Gasteiger partial charge in [-0.25, -0.2) is 4.79 Å². The van der Waals surface area contributed by atoms with E-state index in [-0.39, 0.29) is 37.4 Å². The van der Waals surface area contributed by atoms with Gasteiger partial charge in [0, 0.05) is 53.4 Å². The number of thiophene rings is 3. The molecule has 12 nitrogen and oxygen atoms in total. The lowest BCUT2D eigenvalue weighted by atomic mass is 10.1. The van der Waals surface area contributed by atoms with Crippen LogP contribution in [0.3, 0.4) is 0 Å². The molecule has 9 rings (SSSR count). The smallest absolute Gasteiger partial charge is 0.329 e. The number of carbonyl (C=O) groups is 2. The lowest BCUT2D eigenvalue weighted by Crippen LogP contribution is -2.32. The van der Waals surface area contributed by atoms with Crippen LogP contribution in [-0.4, -0.2) is 146 Å². The molecule has 1 amide bonds. The minimum atomic E-state index is -0.922. The van der Waals surface area contributed by atoms with Crippen LogP contribution in [0, 0.1) is 0 Å². The second-order valence-corrected chi connectivity index (χ2v) is 18.5. The van der Waals surface area contributed by atoms with E-state index in [4.69, 9.17) is 24.4 Å². The van der Waals surface area contributed by atoms with E-state index >= 15 is 0 Å². The van der Waals surface area contributed by atoms with Gasteiger partial charge in [-0.1, -0.05) is 54.6 Å². The molecule has 6 aromatic rings. The summed E-state index contributed by atoms with van der Waals surface area (Å²) in [5, 5.41) is 49.1. The van der Waals surface area contributed by atoms with Gasteiger partial charge in [-0.2, -0.15) is 0 Å².